The minimum Gasteiger partial charge on any atom is -0.478 e. The molecule has 0 bridgehead atoms. The quantitative estimate of drug-likeness (QED) is 0.769. The topological polar surface area (TPSA) is 74.7 Å². The van der Waals surface area contributed by atoms with Gasteiger partial charge in [0.1, 0.15) is 0 Å². The van der Waals surface area contributed by atoms with Crippen molar-refractivity contribution in [3.05, 3.63) is 71.8 Å². The summed E-state index contributed by atoms with van der Waals surface area (Å²) in [5.41, 5.74) is 1.42. The Labute approximate surface area is 148 Å². The average molecular weight is 359 g/mol. The van der Waals surface area contributed by atoms with Crippen molar-refractivity contribution < 1.29 is 18.3 Å². The summed E-state index contributed by atoms with van der Waals surface area (Å²) in [6, 6.07) is 15.5. The Morgan fingerprint density at radius 3 is 2.40 bits per heavy atom. The molecular formula is C19H21NO4S. The number of carboxylic acid groups (broad SMARTS) is 1. The number of carbonyl (C=O) groups is 1. The Morgan fingerprint density at radius 2 is 1.80 bits per heavy atom. The molecule has 0 unspecified atom stereocenters. The summed E-state index contributed by atoms with van der Waals surface area (Å²) < 4.78 is 27.5. The molecule has 0 aliphatic rings. The molecule has 2 aromatic carbocycles. The summed E-state index contributed by atoms with van der Waals surface area (Å²) in [5.74, 6) is -1.08. The van der Waals surface area contributed by atoms with Gasteiger partial charge in [-0.1, -0.05) is 42.5 Å². The number of rotatable bonds is 7. The molecule has 2 aromatic rings. The molecule has 0 heterocycles. The third-order valence-electron chi connectivity index (χ3n) is 3.64. The lowest BCUT2D eigenvalue weighted by molar-refractivity contribution is -0.131. The lowest BCUT2D eigenvalue weighted by atomic mass is 10.2. The number of nitrogens with zero attached hydrogens (tertiary/aromatic N) is 1. The van der Waals surface area contributed by atoms with Crippen LogP contribution in [0.2, 0.25) is 0 Å². The van der Waals surface area contributed by atoms with Crippen molar-refractivity contribution in [2.24, 2.45) is 0 Å². The third kappa shape index (κ3) is 5.01. The van der Waals surface area contributed by atoms with Crippen molar-refractivity contribution in [3.8, 4) is 0 Å². The highest BCUT2D eigenvalue weighted by Gasteiger charge is 2.27. The molecule has 1 N–H and O–H groups in total. The minimum atomic E-state index is -3.71. The standard InChI is InChI=1S/C19H21NO4S/c1-15(2)20(14-17-7-4-3-5-8-17)25(23,24)18-10-6-9-16(13-18)11-12-19(21)22/h3-13,15H,14H2,1-2H3,(H,21,22)/b12-11+. The van der Waals surface area contributed by atoms with E-state index >= 15 is 0 Å². The molecule has 0 radical (unpaired) electrons. The van der Waals surface area contributed by atoms with Crippen LogP contribution in [0, 0.1) is 0 Å². The monoisotopic (exact) mass is 359 g/mol. The van der Waals surface area contributed by atoms with Crippen LogP contribution in [-0.4, -0.2) is 29.8 Å². The predicted octanol–water partition coefficient (Wildman–Crippen LogP) is 3.38. The van der Waals surface area contributed by atoms with Gasteiger partial charge in [-0.25, -0.2) is 13.2 Å². The van der Waals surface area contributed by atoms with Crippen LogP contribution in [0.4, 0.5) is 0 Å². The van der Waals surface area contributed by atoms with Crippen molar-refractivity contribution in [2.75, 3.05) is 0 Å². The summed E-state index contributed by atoms with van der Waals surface area (Å²) in [4.78, 5) is 10.8. The zero-order valence-corrected chi connectivity index (χ0v) is 15.0. The van der Waals surface area contributed by atoms with Crippen molar-refractivity contribution in [3.63, 3.8) is 0 Å². The zero-order valence-electron chi connectivity index (χ0n) is 14.2. The van der Waals surface area contributed by atoms with Gasteiger partial charge in [-0.2, -0.15) is 4.31 Å². The van der Waals surface area contributed by atoms with E-state index < -0.39 is 16.0 Å². The van der Waals surface area contributed by atoms with Gasteiger partial charge in [-0.15, -0.1) is 0 Å². The Morgan fingerprint density at radius 1 is 1.12 bits per heavy atom. The van der Waals surface area contributed by atoms with E-state index in [4.69, 9.17) is 5.11 Å². The molecule has 6 heteroatoms. The number of benzene rings is 2. The molecule has 0 atom stereocenters. The molecule has 0 aliphatic carbocycles. The molecule has 0 saturated heterocycles. The highest BCUT2D eigenvalue weighted by atomic mass is 32.2. The van der Waals surface area contributed by atoms with E-state index in [-0.39, 0.29) is 17.5 Å². The van der Waals surface area contributed by atoms with Crippen LogP contribution in [0.25, 0.3) is 6.08 Å². The highest BCUT2D eigenvalue weighted by Crippen LogP contribution is 2.22. The van der Waals surface area contributed by atoms with Crippen LogP contribution >= 0.6 is 0 Å². The van der Waals surface area contributed by atoms with Gasteiger partial charge < -0.3 is 5.11 Å². The summed E-state index contributed by atoms with van der Waals surface area (Å²) in [7, 11) is -3.71. The largest absolute Gasteiger partial charge is 0.478 e. The van der Waals surface area contributed by atoms with Crippen LogP contribution in [0.5, 0.6) is 0 Å². The molecule has 0 aromatic heterocycles. The Bertz CT molecular complexity index is 858. The number of hydrogen-bond acceptors (Lipinski definition) is 3. The maximum Gasteiger partial charge on any atom is 0.328 e. The van der Waals surface area contributed by atoms with E-state index in [9.17, 15) is 13.2 Å². The molecule has 0 aliphatic heterocycles. The first-order chi connectivity index (χ1) is 11.8. The van der Waals surface area contributed by atoms with E-state index in [0.29, 0.717) is 5.56 Å². The Balaban J connectivity index is 2.37. The zero-order chi connectivity index (χ0) is 18.4. The Hall–Kier alpha value is -2.44. The summed E-state index contributed by atoms with van der Waals surface area (Å²) in [6.07, 6.45) is 2.36. The number of carboxylic acids is 1. The van der Waals surface area contributed by atoms with Crippen molar-refractivity contribution in [1.82, 2.24) is 4.31 Å². The molecular weight excluding hydrogens is 338 g/mol. The second-order valence-corrected chi connectivity index (χ2v) is 7.76. The van der Waals surface area contributed by atoms with Gasteiger partial charge in [0.05, 0.1) is 4.90 Å². The van der Waals surface area contributed by atoms with Gasteiger partial charge in [0.15, 0.2) is 0 Å². The van der Waals surface area contributed by atoms with Gasteiger partial charge in [0, 0.05) is 18.7 Å². The van der Waals surface area contributed by atoms with Gasteiger partial charge in [-0.05, 0) is 43.2 Å². The molecule has 132 valence electrons. The first kappa shape index (κ1) is 18.9. The number of aliphatic carboxylic acids is 1. The fraction of sp³-hybridized carbons (Fsp3) is 0.211. The van der Waals surface area contributed by atoms with Crippen LogP contribution in [0.1, 0.15) is 25.0 Å². The number of sulfonamides is 1. The van der Waals surface area contributed by atoms with Gasteiger partial charge in [0.25, 0.3) is 0 Å². The molecule has 25 heavy (non-hydrogen) atoms. The molecule has 2 rings (SSSR count). The van der Waals surface area contributed by atoms with Gasteiger partial charge in [-0.3, -0.25) is 0 Å². The van der Waals surface area contributed by atoms with E-state index in [2.05, 4.69) is 0 Å². The minimum absolute atomic E-state index is 0.143. The van der Waals surface area contributed by atoms with Crippen molar-refractivity contribution in [1.29, 1.82) is 0 Å². The van der Waals surface area contributed by atoms with Crippen LogP contribution in [-0.2, 0) is 21.4 Å². The molecule has 0 spiro atoms. The SMILES string of the molecule is CC(C)N(Cc1ccccc1)S(=O)(=O)c1cccc(/C=C/C(=O)O)c1. The number of hydrogen-bond donors (Lipinski definition) is 1. The first-order valence-corrected chi connectivity index (χ1v) is 9.31. The fourth-order valence-electron chi connectivity index (χ4n) is 2.39. The summed E-state index contributed by atoms with van der Waals surface area (Å²) >= 11 is 0. The van der Waals surface area contributed by atoms with Gasteiger partial charge >= 0.3 is 5.97 Å². The average Bonchev–Trinajstić information content (AvgIpc) is 2.58. The second-order valence-electron chi connectivity index (χ2n) is 5.87. The van der Waals surface area contributed by atoms with Crippen molar-refractivity contribution >= 4 is 22.1 Å². The first-order valence-electron chi connectivity index (χ1n) is 7.87. The van der Waals surface area contributed by atoms with Crippen LogP contribution in [0.3, 0.4) is 0 Å². The molecule has 5 nitrogen and oxygen atoms in total. The lowest BCUT2D eigenvalue weighted by Crippen LogP contribution is -2.36. The van der Waals surface area contributed by atoms with E-state index in [1.807, 2.05) is 44.2 Å². The predicted molar refractivity (Wildman–Crippen MR) is 97.4 cm³/mol. The highest BCUT2D eigenvalue weighted by molar-refractivity contribution is 7.89. The van der Waals surface area contributed by atoms with Gasteiger partial charge in [0.2, 0.25) is 10.0 Å². The maximum atomic E-state index is 13.1. The summed E-state index contributed by atoms with van der Waals surface area (Å²) in [6.45, 7) is 3.93. The van der Waals surface area contributed by atoms with E-state index in [0.717, 1.165) is 11.6 Å². The molecule has 0 amide bonds. The Kier molecular flexibility index (Phi) is 6.12. The lowest BCUT2D eigenvalue weighted by Gasteiger charge is -2.26. The normalized spacial score (nSPS) is 12.2. The maximum absolute atomic E-state index is 13.1. The van der Waals surface area contributed by atoms with Crippen LogP contribution in [0.15, 0.2) is 65.6 Å². The van der Waals surface area contributed by atoms with E-state index in [1.54, 1.807) is 12.1 Å². The second kappa shape index (κ2) is 8.09. The van der Waals surface area contributed by atoms with E-state index in [1.165, 1.54) is 22.5 Å². The summed E-state index contributed by atoms with van der Waals surface area (Å²) in [5, 5.41) is 8.72. The molecule has 0 fully saturated rings. The van der Waals surface area contributed by atoms with Crippen LogP contribution < -0.4 is 0 Å². The third-order valence-corrected chi connectivity index (χ3v) is 5.66. The molecule has 0 saturated carbocycles. The van der Waals surface area contributed by atoms with Crippen molar-refractivity contribution in [2.45, 2.75) is 31.3 Å². The smallest absolute Gasteiger partial charge is 0.328 e. The fourth-order valence-corrected chi connectivity index (χ4v) is 4.07.